The first-order chi connectivity index (χ1) is 7.75. The van der Waals surface area contributed by atoms with E-state index in [1.165, 1.54) is 31.7 Å². The molecule has 5 heteroatoms. The number of aromatic nitrogens is 2. The molecule has 3 nitrogen and oxygen atoms in total. The van der Waals surface area contributed by atoms with E-state index >= 15 is 0 Å². The Kier molecular flexibility index (Phi) is 6.00. The van der Waals surface area contributed by atoms with Crippen molar-refractivity contribution in [2.24, 2.45) is 0 Å². The topological polar surface area (TPSA) is 29.9 Å². The van der Waals surface area contributed by atoms with Crippen LogP contribution in [0.3, 0.4) is 0 Å². The monoisotopic (exact) mass is 231 g/mol. The van der Waals surface area contributed by atoms with Crippen LogP contribution in [-0.4, -0.2) is 16.1 Å². The van der Waals surface area contributed by atoms with Crippen molar-refractivity contribution in [2.75, 3.05) is 6.54 Å². The molecule has 1 aromatic rings. The fraction of sp³-hybridized carbons (Fsp3) is 0.727. The van der Waals surface area contributed by atoms with Crippen molar-refractivity contribution >= 4 is 0 Å². The number of hydrogen-bond acceptors (Lipinski definition) is 2. The summed E-state index contributed by atoms with van der Waals surface area (Å²) in [5, 5.41) is 3.13. The van der Waals surface area contributed by atoms with Gasteiger partial charge in [-0.3, -0.25) is 4.57 Å². The van der Waals surface area contributed by atoms with Crippen molar-refractivity contribution in [3.63, 3.8) is 0 Å². The zero-order valence-electron chi connectivity index (χ0n) is 9.63. The van der Waals surface area contributed by atoms with Gasteiger partial charge in [-0.05, 0) is 13.0 Å². The molecule has 1 heterocycles. The van der Waals surface area contributed by atoms with E-state index in [-0.39, 0.29) is 0 Å². The number of rotatable bonds is 8. The maximum atomic E-state index is 12.4. The largest absolute Gasteiger partial charge is 0.319 e. The first-order valence-electron chi connectivity index (χ1n) is 5.76. The minimum atomic E-state index is -2.50. The molecule has 1 rings (SSSR count). The van der Waals surface area contributed by atoms with Crippen LogP contribution in [0.4, 0.5) is 8.78 Å². The van der Waals surface area contributed by atoms with Crippen LogP contribution < -0.4 is 5.32 Å². The molecule has 0 amide bonds. The van der Waals surface area contributed by atoms with Gasteiger partial charge in [0.2, 0.25) is 0 Å². The van der Waals surface area contributed by atoms with Crippen LogP contribution in [0.1, 0.15) is 45.0 Å². The van der Waals surface area contributed by atoms with Crippen molar-refractivity contribution in [1.29, 1.82) is 0 Å². The summed E-state index contributed by atoms with van der Waals surface area (Å²) in [7, 11) is 0. The third-order valence-electron chi connectivity index (χ3n) is 2.45. The van der Waals surface area contributed by atoms with Gasteiger partial charge in [0.1, 0.15) is 5.82 Å². The molecule has 92 valence electrons. The third kappa shape index (κ3) is 4.26. The average Bonchev–Trinajstić information content (AvgIpc) is 2.71. The first-order valence-corrected chi connectivity index (χ1v) is 5.76. The second kappa shape index (κ2) is 7.33. The van der Waals surface area contributed by atoms with E-state index in [0.717, 1.165) is 17.5 Å². The van der Waals surface area contributed by atoms with Gasteiger partial charge in [0.25, 0.3) is 0 Å². The lowest BCUT2D eigenvalue weighted by atomic mass is 10.2. The van der Waals surface area contributed by atoms with E-state index in [9.17, 15) is 8.78 Å². The van der Waals surface area contributed by atoms with Crippen molar-refractivity contribution in [3.8, 4) is 0 Å². The molecule has 0 aliphatic heterocycles. The lowest BCUT2D eigenvalue weighted by Gasteiger charge is -2.07. The molecule has 0 radical (unpaired) electrons. The van der Waals surface area contributed by atoms with E-state index in [1.807, 2.05) is 0 Å². The summed E-state index contributed by atoms with van der Waals surface area (Å²) in [4.78, 5) is 3.89. The van der Waals surface area contributed by atoms with Crippen molar-refractivity contribution in [3.05, 3.63) is 18.2 Å². The van der Waals surface area contributed by atoms with E-state index in [4.69, 9.17) is 0 Å². The molecule has 0 aliphatic rings. The lowest BCUT2D eigenvalue weighted by Crippen LogP contribution is -2.18. The first kappa shape index (κ1) is 13.1. The number of hydrogen-bond donors (Lipinski definition) is 1. The minimum absolute atomic E-state index is 0.394. The summed E-state index contributed by atoms with van der Waals surface area (Å²) < 4.78 is 25.8. The highest BCUT2D eigenvalue weighted by Crippen LogP contribution is 2.11. The van der Waals surface area contributed by atoms with E-state index in [0.29, 0.717) is 12.4 Å². The predicted octanol–water partition coefficient (Wildman–Crippen LogP) is 2.95. The molecule has 0 spiro atoms. The second-order valence-electron chi connectivity index (χ2n) is 3.77. The van der Waals surface area contributed by atoms with Gasteiger partial charge in [0.05, 0.1) is 6.54 Å². The second-order valence-corrected chi connectivity index (χ2v) is 3.77. The third-order valence-corrected chi connectivity index (χ3v) is 2.45. The fourth-order valence-electron chi connectivity index (χ4n) is 1.54. The predicted molar refractivity (Wildman–Crippen MR) is 59.3 cm³/mol. The minimum Gasteiger partial charge on any atom is -0.310 e. The van der Waals surface area contributed by atoms with Crippen LogP contribution in [0.25, 0.3) is 0 Å². The molecule has 0 atom stereocenters. The SMILES string of the molecule is CCCCCCNCc1nccn1C(F)F. The number of alkyl halides is 2. The number of nitrogens with one attached hydrogen (secondary N) is 1. The molecule has 0 saturated heterocycles. The molecule has 0 unspecified atom stereocenters. The summed E-state index contributed by atoms with van der Waals surface area (Å²) in [6, 6.07) is 0. The lowest BCUT2D eigenvalue weighted by molar-refractivity contribution is 0.0666. The van der Waals surface area contributed by atoms with Crippen LogP contribution >= 0.6 is 0 Å². The Morgan fingerprint density at radius 2 is 2.19 bits per heavy atom. The Balaban J connectivity index is 2.19. The standard InChI is InChI=1S/C11H19F2N3/c1-2-3-4-5-6-14-9-10-15-7-8-16(10)11(12)13/h7-8,11,14H,2-6,9H2,1H3. The van der Waals surface area contributed by atoms with Gasteiger partial charge in [0, 0.05) is 12.4 Å². The van der Waals surface area contributed by atoms with Crippen LogP contribution in [0.5, 0.6) is 0 Å². The Bertz CT molecular complexity index is 287. The van der Waals surface area contributed by atoms with Crippen LogP contribution in [0, 0.1) is 0 Å². The molecule has 0 bridgehead atoms. The Morgan fingerprint density at radius 3 is 2.88 bits per heavy atom. The van der Waals surface area contributed by atoms with Gasteiger partial charge >= 0.3 is 6.55 Å². The number of halogens is 2. The molecule has 0 aliphatic carbocycles. The van der Waals surface area contributed by atoms with Gasteiger partial charge in [-0.2, -0.15) is 8.78 Å². The maximum Gasteiger partial charge on any atom is 0.319 e. The highest BCUT2D eigenvalue weighted by molar-refractivity contribution is 4.92. The molecule has 1 N–H and O–H groups in total. The summed E-state index contributed by atoms with van der Waals surface area (Å²) in [6.45, 7) is 0.922. The quantitative estimate of drug-likeness (QED) is 0.697. The van der Waals surface area contributed by atoms with Crippen molar-refractivity contribution in [1.82, 2.24) is 14.9 Å². The van der Waals surface area contributed by atoms with E-state index < -0.39 is 6.55 Å². The van der Waals surface area contributed by atoms with Crippen LogP contribution in [-0.2, 0) is 6.54 Å². The Hall–Kier alpha value is -0.970. The molecular formula is C11H19F2N3. The summed E-state index contributed by atoms with van der Waals surface area (Å²) in [5.74, 6) is 0.394. The molecule has 0 fully saturated rings. The van der Waals surface area contributed by atoms with Crippen molar-refractivity contribution in [2.45, 2.75) is 45.7 Å². The Labute approximate surface area is 94.9 Å². The summed E-state index contributed by atoms with van der Waals surface area (Å²) in [6.07, 6.45) is 7.41. The van der Waals surface area contributed by atoms with Gasteiger partial charge < -0.3 is 5.32 Å². The zero-order valence-corrected chi connectivity index (χ0v) is 9.63. The van der Waals surface area contributed by atoms with E-state index in [2.05, 4.69) is 17.2 Å². The fourth-order valence-corrected chi connectivity index (χ4v) is 1.54. The van der Waals surface area contributed by atoms with Crippen LogP contribution in [0.15, 0.2) is 12.4 Å². The molecule has 1 aromatic heterocycles. The number of nitrogens with zero attached hydrogens (tertiary/aromatic N) is 2. The van der Waals surface area contributed by atoms with Gasteiger partial charge in [0.15, 0.2) is 0 Å². The maximum absolute atomic E-state index is 12.4. The highest BCUT2D eigenvalue weighted by Gasteiger charge is 2.10. The summed E-state index contributed by atoms with van der Waals surface area (Å²) in [5.41, 5.74) is 0. The molecular weight excluding hydrogens is 212 g/mol. The zero-order chi connectivity index (χ0) is 11.8. The normalized spacial score (nSPS) is 11.2. The van der Waals surface area contributed by atoms with Gasteiger partial charge in [-0.15, -0.1) is 0 Å². The number of imidazole rings is 1. The molecule has 0 saturated carbocycles. The summed E-state index contributed by atoms with van der Waals surface area (Å²) >= 11 is 0. The van der Waals surface area contributed by atoms with Gasteiger partial charge in [-0.1, -0.05) is 26.2 Å². The van der Waals surface area contributed by atoms with Crippen LogP contribution in [0.2, 0.25) is 0 Å². The highest BCUT2D eigenvalue weighted by atomic mass is 19.3. The van der Waals surface area contributed by atoms with Crippen molar-refractivity contribution < 1.29 is 8.78 Å². The van der Waals surface area contributed by atoms with E-state index in [1.54, 1.807) is 0 Å². The number of unbranched alkanes of at least 4 members (excludes halogenated alkanes) is 3. The Morgan fingerprint density at radius 1 is 1.38 bits per heavy atom. The van der Waals surface area contributed by atoms with Gasteiger partial charge in [-0.25, -0.2) is 4.98 Å². The average molecular weight is 231 g/mol. The molecule has 0 aromatic carbocycles. The smallest absolute Gasteiger partial charge is 0.310 e. The molecule has 16 heavy (non-hydrogen) atoms.